The summed E-state index contributed by atoms with van der Waals surface area (Å²) in [5.41, 5.74) is 4.11. The summed E-state index contributed by atoms with van der Waals surface area (Å²) in [5, 5.41) is 0. The van der Waals surface area contributed by atoms with E-state index in [1.165, 1.54) is 16.7 Å². The predicted molar refractivity (Wildman–Crippen MR) is 53.3 cm³/mol. The van der Waals surface area contributed by atoms with E-state index in [0.717, 1.165) is 6.54 Å². The largest absolute Gasteiger partial charge is 0.305 e. The van der Waals surface area contributed by atoms with Crippen molar-refractivity contribution in [2.75, 3.05) is 14.1 Å². The molecule has 0 unspecified atom stereocenters. The molecule has 0 spiro atoms. The Hall–Kier alpha value is -0.820. The highest BCUT2D eigenvalue weighted by Crippen LogP contribution is 2.09. The molecule has 66 valence electrons. The zero-order chi connectivity index (χ0) is 9.14. The lowest BCUT2D eigenvalue weighted by Gasteiger charge is -2.10. The summed E-state index contributed by atoms with van der Waals surface area (Å²) in [6.45, 7) is 5.32. The van der Waals surface area contributed by atoms with Gasteiger partial charge in [0.25, 0.3) is 0 Å². The zero-order valence-corrected chi connectivity index (χ0v) is 8.39. The number of rotatable bonds is 2. The molecule has 12 heavy (non-hydrogen) atoms. The highest BCUT2D eigenvalue weighted by molar-refractivity contribution is 5.28. The summed E-state index contributed by atoms with van der Waals surface area (Å²) in [6.07, 6.45) is 0. The van der Waals surface area contributed by atoms with Crippen LogP contribution in [0.15, 0.2) is 18.2 Å². The van der Waals surface area contributed by atoms with E-state index < -0.39 is 0 Å². The van der Waals surface area contributed by atoms with Crippen molar-refractivity contribution in [2.45, 2.75) is 20.4 Å². The van der Waals surface area contributed by atoms with Crippen LogP contribution in [-0.2, 0) is 6.54 Å². The Bertz CT molecular complexity index is 243. The molecule has 0 aromatic heterocycles. The van der Waals surface area contributed by atoms with Crippen LogP contribution in [0, 0.1) is 13.8 Å². The summed E-state index contributed by atoms with van der Waals surface area (Å²) in [6, 6.07) is 6.69. The molecule has 0 atom stereocenters. The van der Waals surface area contributed by atoms with Crippen molar-refractivity contribution in [3.63, 3.8) is 0 Å². The van der Waals surface area contributed by atoms with Gasteiger partial charge in [-0.2, -0.15) is 0 Å². The van der Waals surface area contributed by atoms with Crippen molar-refractivity contribution in [1.82, 2.24) is 4.90 Å². The van der Waals surface area contributed by atoms with Crippen molar-refractivity contribution >= 4 is 0 Å². The molecule has 0 N–H and O–H groups in total. The van der Waals surface area contributed by atoms with Crippen LogP contribution in [0.5, 0.6) is 0 Å². The second kappa shape index (κ2) is 3.72. The van der Waals surface area contributed by atoms with E-state index in [9.17, 15) is 0 Å². The van der Waals surface area contributed by atoms with Gasteiger partial charge < -0.3 is 4.90 Å². The summed E-state index contributed by atoms with van der Waals surface area (Å²) in [5.74, 6) is 0. The van der Waals surface area contributed by atoms with Gasteiger partial charge in [0.2, 0.25) is 0 Å². The third-order valence-electron chi connectivity index (χ3n) is 1.78. The van der Waals surface area contributed by atoms with Crippen LogP contribution in [0.4, 0.5) is 0 Å². The molecule has 0 aliphatic carbocycles. The van der Waals surface area contributed by atoms with Gasteiger partial charge in [-0.3, -0.25) is 0 Å². The standard InChI is InChI=1S/C11H17N/c1-9-5-10(2)7-11(6-9)8-12(3)4/h5-7H,8H2,1-4H3. The summed E-state index contributed by atoms with van der Waals surface area (Å²) < 4.78 is 0. The van der Waals surface area contributed by atoms with Gasteiger partial charge in [0, 0.05) is 6.54 Å². The molecule has 0 aliphatic rings. The van der Waals surface area contributed by atoms with Crippen LogP contribution >= 0.6 is 0 Å². The fourth-order valence-electron chi connectivity index (χ4n) is 1.53. The monoisotopic (exact) mass is 163 g/mol. The molecule has 1 aromatic carbocycles. The van der Waals surface area contributed by atoms with E-state index >= 15 is 0 Å². The van der Waals surface area contributed by atoms with Crippen molar-refractivity contribution in [1.29, 1.82) is 0 Å². The Kier molecular flexibility index (Phi) is 2.88. The van der Waals surface area contributed by atoms with E-state index in [1.54, 1.807) is 0 Å². The maximum atomic E-state index is 2.24. The molecule has 0 amide bonds. The minimum Gasteiger partial charge on any atom is -0.305 e. The van der Waals surface area contributed by atoms with Crippen LogP contribution in [0.1, 0.15) is 16.7 Å². The molecule has 1 heteroatoms. The van der Waals surface area contributed by atoms with E-state index in [4.69, 9.17) is 0 Å². The molecule has 0 aliphatic heterocycles. The van der Waals surface area contributed by atoms with Gasteiger partial charge >= 0.3 is 0 Å². The molecule has 0 fully saturated rings. The molecule has 0 heterocycles. The third kappa shape index (κ3) is 2.67. The maximum absolute atomic E-state index is 2.24. The minimum absolute atomic E-state index is 1.03. The third-order valence-corrected chi connectivity index (χ3v) is 1.78. The minimum atomic E-state index is 1.03. The van der Waals surface area contributed by atoms with Crippen LogP contribution in [0.25, 0.3) is 0 Å². The average Bonchev–Trinajstić information content (AvgIpc) is 1.81. The number of aryl methyl sites for hydroxylation is 2. The van der Waals surface area contributed by atoms with Gasteiger partial charge in [-0.05, 0) is 33.5 Å². The second-order valence-electron chi connectivity index (χ2n) is 3.73. The van der Waals surface area contributed by atoms with E-state index in [-0.39, 0.29) is 0 Å². The highest BCUT2D eigenvalue weighted by Gasteiger charge is 1.96. The van der Waals surface area contributed by atoms with Crippen molar-refractivity contribution in [3.05, 3.63) is 34.9 Å². The van der Waals surface area contributed by atoms with Crippen molar-refractivity contribution < 1.29 is 0 Å². The molecule has 0 saturated heterocycles. The van der Waals surface area contributed by atoms with E-state index in [2.05, 4.69) is 51.0 Å². The van der Waals surface area contributed by atoms with Crippen molar-refractivity contribution in [2.24, 2.45) is 0 Å². The Morgan fingerprint density at radius 1 is 1.00 bits per heavy atom. The normalized spacial score (nSPS) is 10.8. The Labute approximate surface area is 75.0 Å². The van der Waals surface area contributed by atoms with Crippen LogP contribution in [0.2, 0.25) is 0 Å². The zero-order valence-electron chi connectivity index (χ0n) is 8.39. The Balaban J connectivity index is 2.85. The van der Waals surface area contributed by atoms with Gasteiger partial charge in [-0.1, -0.05) is 29.3 Å². The van der Waals surface area contributed by atoms with Gasteiger partial charge in [0.1, 0.15) is 0 Å². The Morgan fingerprint density at radius 3 is 1.92 bits per heavy atom. The molecular formula is C11H17N. The summed E-state index contributed by atoms with van der Waals surface area (Å²) in [7, 11) is 4.19. The quantitative estimate of drug-likeness (QED) is 0.647. The highest BCUT2D eigenvalue weighted by atomic mass is 15.0. The number of hydrogen-bond donors (Lipinski definition) is 0. The second-order valence-corrected chi connectivity index (χ2v) is 3.73. The lowest BCUT2D eigenvalue weighted by molar-refractivity contribution is 0.402. The molecule has 1 rings (SSSR count). The molecular weight excluding hydrogens is 146 g/mol. The first-order valence-corrected chi connectivity index (χ1v) is 4.30. The molecule has 0 saturated carbocycles. The fourth-order valence-corrected chi connectivity index (χ4v) is 1.53. The first kappa shape index (κ1) is 9.27. The number of hydrogen-bond acceptors (Lipinski definition) is 1. The molecule has 0 bridgehead atoms. The van der Waals surface area contributed by atoms with E-state index in [1.807, 2.05) is 0 Å². The summed E-state index contributed by atoms with van der Waals surface area (Å²) >= 11 is 0. The smallest absolute Gasteiger partial charge is 0.0227 e. The lowest BCUT2D eigenvalue weighted by Crippen LogP contribution is -2.10. The van der Waals surface area contributed by atoms with Crippen LogP contribution in [-0.4, -0.2) is 19.0 Å². The van der Waals surface area contributed by atoms with Crippen LogP contribution < -0.4 is 0 Å². The summed E-state index contributed by atoms with van der Waals surface area (Å²) in [4.78, 5) is 2.19. The SMILES string of the molecule is Cc1cc(C)cc(CN(C)C)c1. The fraction of sp³-hybridized carbons (Fsp3) is 0.455. The average molecular weight is 163 g/mol. The maximum Gasteiger partial charge on any atom is 0.0227 e. The van der Waals surface area contributed by atoms with E-state index in [0.29, 0.717) is 0 Å². The van der Waals surface area contributed by atoms with Gasteiger partial charge in [0.15, 0.2) is 0 Å². The van der Waals surface area contributed by atoms with Crippen molar-refractivity contribution in [3.8, 4) is 0 Å². The first-order valence-electron chi connectivity index (χ1n) is 4.30. The topological polar surface area (TPSA) is 3.24 Å². The molecule has 1 nitrogen and oxygen atoms in total. The van der Waals surface area contributed by atoms with Gasteiger partial charge in [-0.25, -0.2) is 0 Å². The molecule has 1 aromatic rings. The lowest BCUT2D eigenvalue weighted by atomic mass is 10.1. The first-order chi connectivity index (χ1) is 5.58. The number of benzene rings is 1. The number of nitrogens with zero attached hydrogens (tertiary/aromatic N) is 1. The van der Waals surface area contributed by atoms with Gasteiger partial charge in [0.05, 0.1) is 0 Å². The predicted octanol–water partition coefficient (Wildman–Crippen LogP) is 2.37. The van der Waals surface area contributed by atoms with Crippen LogP contribution in [0.3, 0.4) is 0 Å². The Morgan fingerprint density at radius 2 is 1.50 bits per heavy atom. The molecule has 0 radical (unpaired) electrons. The van der Waals surface area contributed by atoms with Gasteiger partial charge in [-0.15, -0.1) is 0 Å².